The van der Waals surface area contributed by atoms with Gasteiger partial charge in [0.05, 0.1) is 11.8 Å². The van der Waals surface area contributed by atoms with Gasteiger partial charge in [-0.15, -0.1) is 0 Å². The molecule has 0 saturated carbocycles. The van der Waals surface area contributed by atoms with Crippen molar-refractivity contribution in [3.63, 3.8) is 0 Å². The van der Waals surface area contributed by atoms with E-state index in [2.05, 4.69) is 4.98 Å². The molecule has 0 fully saturated rings. The molecule has 0 amide bonds. The van der Waals surface area contributed by atoms with Crippen molar-refractivity contribution in [3.8, 4) is 17.2 Å². The zero-order valence-electron chi connectivity index (χ0n) is 6.77. The molecule has 2 aromatic rings. The van der Waals surface area contributed by atoms with E-state index in [1.807, 2.05) is 0 Å². The van der Waals surface area contributed by atoms with E-state index in [1.165, 1.54) is 18.4 Å². The topological polar surface area (TPSA) is 72.3 Å². The first-order valence-corrected chi connectivity index (χ1v) is 3.76. The number of nitrogens with two attached hydrogens (primary N) is 1. The van der Waals surface area contributed by atoms with Crippen molar-refractivity contribution in [3.05, 3.63) is 30.7 Å². The van der Waals surface area contributed by atoms with Crippen molar-refractivity contribution in [1.29, 1.82) is 0 Å². The van der Waals surface area contributed by atoms with Crippen LogP contribution in [0.1, 0.15) is 0 Å². The molecule has 2 rings (SSSR count). The van der Waals surface area contributed by atoms with Crippen molar-refractivity contribution in [2.75, 3.05) is 5.73 Å². The molecule has 1 aromatic carbocycles. The summed E-state index contributed by atoms with van der Waals surface area (Å²) in [5, 5.41) is 9.10. The Morgan fingerprint density at radius 2 is 2.23 bits per heavy atom. The van der Waals surface area contributed by atoms with Gasteiger partial charge in [0.1, 0.15) is 12.0 Å². The van der Waals surface area contributed by atoms with Gasteiger partial charge in [-0.3, -0.25) is 0 Å². The summed E-state index contributed by atoms with van der Waals surface area (Å²) < 4.78 is 5.07. The smallest absolute Gasteiger partial charge is 0.227 e. The number of rotatable bonds is 1. The van der Waals surface area contributed by atoms with Crippen molar-refractivity contribution in [2.45, 2.75) is 0 Å². The number of aromatic hydroxyl groups is 1. The number of phenols is 1. The highest BCUT2D eigenvalue weighted by Crippen LogP contribution is 2.27. The van der Waals surface area contributed by atoms with Crippen LogP contribution in [0.25, 0.3) is 11.5 Å². The van der Waals surface area contributed by atoms with Crippen molar-refractivity contribution < 1.29 is 9.52 Å². The maximum Gasteiger partial charge on any atom is 0.227 e. The summed E-state index contributed by atoms with van der Waals surface area (Å²) in [6.45, 7) is 0. The lowest BCUT2D eigenvalue weighted by Crippen LogP contribution is -1.89. The predicted octanol–water partition coefficient (Wildman–Crippen LogP) is 1.63. The number of aromatic nitrogens is 1. The minimum Gasteiger partial charge on any atom is -0.508 e. The molecule has 1 heterocycles. The number of phenolic OH excluding ortho intramolecular Hbond substituents is 1. The van der Waals surface area contributed by atoms with Crippen LogP contribution in [0.4, 0.5) is 5.69 Å². The van der Waals surface area contributed by atoms with Crippen LogP contribution in [0, 0.1) is 0 Å². The lowest BCUT2D eigenvalue weighted by molar-refractivity contribution is 0.475. The molecule has 0 aliphatic rings. The van der Waals surface area contributed by atoms with Crippen LogP contribution in [0.2, 0.25) is 0 Å². The van der Waals surface area contributed by atoms with E-state index in [0.717, 1.165) is 0 Å². The molecular formula is C9H8N2O2. The fourth-order valence-electron chi connectivity index (χ4n) is 1.10. The molecule has 0 bridgehead atoms. The lowest BCUT2D eigenvalue weighted by atomic mass is 10.2. The van der Waals surface area contributed by atoms with Crippen LogP contribution in [-0.4, -0.2) is 10.1 Å². The fourth-order valence-corrected chi connectivity index (χ4v) is 1.10. The normalized spacial score (nSPS) is 10.2. The molecule has 3 N–H and O–H groups in total. The average Bonchev–Trinajstić information content (AvgIpc) is 2.56. The highest BCUT2D eigenvalue weighted by atomic mass is 16.3. The van der Waals surface area contributed by atoms with Gasteiger partial charge in [-0.1, -0.05) is 0 Å². The van der Waals surface area contributed by atoms with E-state index in [-0.39, 0.29) is 5.75 Å². The molecule has 0 radical (unpaired) electrons. The van der Waals surface area contributed by atoms with E-state index in [0.29, 0.717) is 17.1 Å². The molecule has 0 aliphatic carbocycles. The van der Waals surface area contributed by atoms with Crippen molar-refractivity contribution in [1.82, 2.24) is 4.98 Å². The Bertz CT molecular complexity index is 410. The van der Waals surface area contributed by atoms with Gasteiger partial charge in [-0.05, 0) is 12.1 Å². The van der Waals surface area contributed by atoms with Crippen molar-refractivity contribution in [2.24, 2.45) is 0 Å². The van der Waals surface area contributed by atoms with Crippen LogP contribution in [0.5, 0.6) is 5.75 Å². The molecule has 0 unspecified atom stereocenters. The van der Waals surface area contributed by atoms with Gasteiger partial charge in [0, 0.05) is 11.8 Å². The van der Waals surface area contributed by atoms with Gasteiger partial charge in [0.25, 0.3) is 0 Å². The first-order valence-electron chi connectivity index (χ1n) is 3.76. The number of oxazole rings is 1. The van der Waals surface area contributed by atoms with Crippen LogP contribution >= 0.6 is 0 Å². The van der Waals surface area contributed by atoms with Gasteiger partial charge in [0.15, 0.2) is 0 Å². The summed E-state index contributed by atoms with van der Waals surface area (Å²) in [5.41, 5.74) is 6.78. The Labute approximate surface area is 74.6 Å². The summed E-state index contributed by atoms with van der Waals surface area (Å²) in [4.78, 5) is 3.95. The second-order valence-corrected chi connectivity index (χ2v) is 2.61. The molecule has 0 spiro atoms. The van der Waals surface area contributed by atoms with E-state index in [4.69, 9.17) is 15.3 Å². The zero-order chi connectivity index (χ0) is 9.26. The summed E-state index contributed by atoms with van der Waals surface area (Å²) in [5.74, 6) is 0.588. The largest absolute Gasteiger partial charge is 0.508 e. The van der Waals surface area contributed by atoms with E-state index in [1.54, 1.807) is 12.3 Å². The quantitative estimate of drug-likeness (QED) is 0.647. The van der Waals surface area contributed by atoms with E-state index < -0.39 is 0 Å². The molecule has 4 heteroatoms. The van der Waals surface area contributed by atoms with Crippen molar-refractivity contribution >= 4 is 5.69 Å². The number of hydrogen-bond acceptors (Lipinski definition) is 4. The minimum atomic E-state index is 0.132. The second-order valence-electron chi connectivity index (χ2n) is 2.61. The number of hydrogen-bond donors (Lipinski definition) is 2. The van der Waals surface area contributed by atoms with Gasteiger partial charge >= 0.3 is 0 Å². The highest BCUT2D eigenvalue weighted by Gasteiger charge is 2.06. The van der Waals surface area contributed by atoms with Crippen LogP contribution < -0.4 is 5.73 Å². The Morgan fingerprint density at radius 1 is 1.38 bits per heavy atom. The van der Waals surface area contributed by atoms with E-state index in [9.17, 15) is 0 Å². The number of nitrogen functional groups attached to an aromatic ring is 1. The molecule has 13 heavy (non-hydrogen) atoms. The number of anilines is 1. The summed E-state index contributed by atoms with van der Waals surface area (Å²) in [6, 6.07) is 4.66. The van der Waals surface area contributed by atoms with Gasteiger partial charge in [-0.25, -0.2) is 4.98 Å². The first-order chi connectivity index (χ1) is 6.27. The van der Waals surface area contributed by atoms with E-state index >= 15 is 0 Å². The second kappa shape index (κ2) is 2.82. The standard InChI is InChI=1S/C9H8N2O2/c10-8-5-6(12)1-2-7(8)9-11-3-4-13-9/h1-5,12H,10H2. The van der Waals surface area contributed by atoms with Crippen LogP contribution in [-0.2, 0) is 0 Å². The molecule has 1 aromatic heterocycles. The lowest BCUT2D eigenvalue weighted by Gasteiger charge is -2.00. The summed E-state index contributed by atoms with van der Waals surface area (Å²) >= 11 is 0. The number of benzene rings is 1. The Balaban J connectivity index is 2.53. The third-order valence-corrected chi connectivity index (χ3v) is 1.70. The third kappa shape index (κ3) is 1.33. The molecule has 0 atom stereocenters. The van der Waals surface area contributed by atoms with Gasteiger partial charge in [0.2, 0.25) is 5.89 Å². The number of nitrogens with zero attached hydrogens (tertiary/aromatic N) is 1. The Hall–Kier alpha value is -1.97. The zero-order valence-corrected chi connectivity index (χ0v) is 6.77. The summed E-state index contributed by atoms with van der Waals surface area (Å²) in [6.07, 6.45) is 3.02. The molecule has 0 aliphatic heterocycles. The Morgan fingerprint density at radius 3 is 2.85 bits per heavy atom. The Kier molecular flexibility index (Phi) is 1.66. The maximum absolute atomic E-state index is 9.10. The monoisotopic (exact) mass is 176 g/mol. The average molecular weight is 176 g/mol. The minimum absolute atomic E-state index is 0.132. The molecular weight excluding hydrogens is 168 g/mol. The molecule has 66 valence electrons. The third-order valence-electron chi connectivity index (χ3n) is 1.70. The fraction of sp³-hybridized carbons (Fsp3) is 0. The summed E-state index contributed by atoms with van der Waals surface area (Å²) in [7, 11) is 0. The SMILES string of the molecule is Nc1cc(O)ccc1-c1ncco1. The van der Waals surface area contributed by atoms with Crippen LogP contribution in [0.15, 0.2) is 35.1 Å². The predicted molar refractivity (Wildman–Crippen MR) is 48.0 cm³/mol. The molecule has 4 nitrogen and oxygen atoms in total. The van der Waals surface area contributed by atoms with Gasteiger partial charge < -0.3 is 15.3 Å². The van der Waals surface area contributed by atoms with Gasteiger partial charge in [-0.2, -0.15) is 0 Å². The first kappa shape index (κ1) is 7.67. The highest BCUT2D eigenvalue weighted by molar-refractivity contribution is 5.71. The maximum atomic E-state index is 9.10. The molecule has 0 saturated heterocycles. The van der Waals surface area contributed by atoms with Crippen LogP contribution in [0.3, 0.4) is 0 Å².